The van der Waals surface area contributed by atoms with Crippen LogP contribution < -0.4 is 10.6 Å². The SMILES string of the molecule is CCCN(CC(=O)NC)C(=O)C(=O)NCC#N. The van der Waals surface area contributed by atoms with Gasteiger partial charge in [0.05, 0.1) is 12.6 Å². The molecule has 0 bridgehead atoms. The molecule has 0 aromatic heterocycles. The van der Waals surface area contributed by atoms with E-state index in [1.807, 2.05) is 6.92 Å². The fraction of sp³-hybridized carbons (Fsp3) is 0.600. The van der Waals surface area contributed by atoms with E-state index in [-0.39, 0.29) is 19.0 Å². The van der Waals surface area contributed by atoms with E-state index in [0.717, 1.165) is 4.90 Å². The van der Waals surface area contributed by atoms with Gasteiger partial charge in [-0.3, -0.25) is 14.4 Å². The van der Waals surface area contributed by atoms with Gasteiger partial charge >= 0.3 is 11.8 Å². The van der Waals surface area contributed by atoms with Gasteiger partial charge in [0.25, 0.3) is 0 Å². The van der Waals surface area contributed by atoms with Gasteiger partial charge in [-0.25, -0.2) is 0 Å². The number of hydrogen-bond acceptors (Lipinski definition) is 4. The molecule has 94 valence electrons. The van der Waals surface area contributed by atoms with Crippen molar-refractivity contribution in [3.8, 4) is 6.07 Å². The van der Waals surface area contributed by atoms with Crippen molar-refractivity contribution in [1.82, 2.24) is 15.5 Å². The minimum Gasteiger partial charge on any atom is -0.358 e. The number of nitriles is 1. The standard InChI is InChI=1S/C10H16N4O3/c1-3-6-14(7-8(15)12-2)10(17)9(16)13-5-4-11/h3,5-7H2,1-2H3,(H,12,15)(H,13,16). The highest BCUT2D eigenvalue weighted by atomic mass is 16.2. The summed E-state index contributed by atoms with van der Waals surface area (Å²) >= 11 is 0. The molecule has 0 saturated heterocycles. The molecule has 0 aliphatic carbocycles. The average Bonchev–Trinajstić information content (AvgIpc) is 2.34. The number of likely N-dealkylation sites (N-methyl/N-ethyl adjacent to an activating group) is 1. The van der Waals surface area contributed by atoms with Crippen LogP contribution in [-0.4, -0.2) is 49.3 Å². The lowest BCUT2D eigenvalue weighted by Gasteiger charge is -2.20. The Bertz CT molecular complexity index is 335. The number of rotatable bonds is 5. The van der Waals surface area contributed by atoms with E-state index in [4.69, 9.17) is 5.26 Å². The maximum Gasteiger partial charge on any atom is 0.312 e. The van der Waals surface area contributed by atoms with Gasteiger partial charge in [0.15, 0.2) is 0 Å². The first-order valence-electron chi connectivity index (χ1n) is 5.21. The van der Waals surface area contributed by atoms with E-state index in [1.165, 1.54) is 7.05 Å². The van der Waals surface area contributed by atoms with Crippen molar-refractivity contribution in [1.29, 1.82) is 5.26 Å². The largest absolute Gasteiger partial charge is 0.358 e. The number of hydrogen-bond donors (Lipinski definition) is 2. The van der Waals surface area contributed by atoms with Crippen LogP contribution in [0, 0.1) is 11.3 Å². The maximum atomic E-state index is 11.6. The van der Waals surface area contributed by atoms with Gasteiger partial charge in [0.1, 0.15) is 6.54 Å². The second kappa shape index (κ2) is 8.10. The highest BCUT2D eigenvalue weighted by molar-refractivity contribution is 6.35. The lowest BCUT2D eigenvalue weighted by Crippen LogP contribution is -2.47. The molecule has 7 nitrogen and oxygen atoms in total. The Balaban J connectivity index is 4.48. The van der Waals surface area contributed by atoms with Crippen molar-refractivity contribution in [3.05, 3.63) is 0 Å². The van der Waals surface area contributed by atoms with Crippen LogP contribution >= 0.6 is 0 Å². The van der Waals surface area contributed by atoms with Crippen molar-refractivity contribution in [2.45, 2.75) is 13.3 Å². The Morgan fingerprint density at radius 3 is 2.47 bits per heavy atom. The van der Waals surface area contributed by atoms with Gasteiger partial charge in [-0.15, -0.1) is 0 Å². The normalized spacial score (nSPS) is 9.00. The molecule has 0 atom stereocenters. The van der Waals surface area contributed by atoms with Gasteiger partial charge in [-0.2, -0.15) is 5.26 Å². The molecular formula is C10H16N4O3. The summed E-state index contributed by atoms with van der Waals surface area (Å²) in [5, 5.41) is 12.8. The first-order valence-corrected chi connectivity index (χ1v) is 5.21. The van der Waals surface area contributed by atoms with Crippen LogP contribution in [0.4, 0.5) is 0 Å². The number of carbonyl (C=O) groups is 3. The van der Waals surface area contributed by atoms with Crippen molar-refractivity contribution in [2.24, 2.45) is 0 Å². The summed E-state index contributed by atoms with van der Waals surface area (Å²) in [4.78, 5) is 35.2. The fourth-order valence-electron chi connectivity index (χ4n) is 1.11. The van der Waals surface area contributed by atoms with Gasteiger partial charge in [0.2, 0.25) is 5.91 Å². The van der Waals surface area contributed by atoms with Gasteiger partial charge in [-0.1, -0.05) is 6.92 Å². The van der Waals surface area contributed by atoms with Crippen molar-refractivity contribution in [2.75, 3.05) is 26.7 Å². The first kappa shape index (κ1) is 14.9. The smallest absolute Gasteiger partial charge is 0.312 e. The predicted octanol–water partition coefficient (Wildman–Crippen LogP) is -1.39. The second-order valence-corrected chi connectivity index (χ2v) is 3.24. The lowest BCUT2D eigenvalue weighted by molar-refractivity contribution is -0.147. The third-order valence-electron chi connectivity index (χ3n) is 1.92. The molecule has 0 aliphatic heterocycles. The molecule has 0 saturated carbocycles. The van der Waals surface area contributed by atoms with Crippen LogP contribution in [0.2, 0.25) is 0 Å². The van der Waals surface area contributed by atoms with E-state index in [1.54, 1.807) is 6.07 Å². The van der Waals surface area contributed by atoms with Crippen molar-refractivity contribution < 1.29 is 14.4 Å². The summed E-state index contributed by atoms with van der Waals surface area (Å²) < 4.78 is 0. The monoisotopic (exact) mass is 240 g/mol. The van der Waals surface area contributed by atoms with Crippen molar-refractivity contribution >= 4 is 17.7 Å². The topological polar surface area (TPSA) is 102 Å². The number of amides is 3. The van der Waals surface area contributed by atoms with Crippen LogP contribution in [-0.2, 0) is 14.4 Å². The van der Waals surface area contributed by atoms with Crippen LogP contribution in [0.1, 0.15) is 13.3 Å². The molecule has 0 heterocycles. The molecule has 0 unspecified atom stereocenters. The molecule has 0 radical (unpaired) electrons. The van der Waals surface area contributed by atoms with E-state index >= 15 is 0 Å². The number of carbonyl (C=O) groups excluding carboxylic acids is 3. The van der Waals surface area contributed by atoms with Crippen LogP contribution in [0.15, 0.2) is 0 Å². The molecule has 7 heteroatoms. The summed E-state index contributed by atoms with van der Waals surface area (Å²) in [6.07, 6.45) is 0.633. The highest BCUT2D eigenvalue weighted by Crippen LogP contribution is 1.93. The molecule has 0 aliphatic rings. The minimum absolute atomic E-state index is 0.164. The Hall–Kier alpha value is -2.10. The molecule has 3 amide bonds. The van der Waals surface area contributed by atoms with Gasteiger partial charge in [0, 0.05) is 13.6 Å². The zero-order chi connectivity index (χ0) is 13.3. The van der Waals surface area contributed by atoms with E-state index in [9.17, 15) is 14.4 Å². The highest BCUT2D eigenvalue weighted by Gasteiger charge is 2.22. The predicted molar refractivity (Wildman–Crippen MR) is 59.6 cm³/mol. The second-order valence-electron chi connectivity index (χ2n) is 3.24. The summed E-state index contributed by atoms with van der Waals surface area (Å²) in [6, 6.07) is 1.69. The molecular weight excluding hydrogens is 224 g/mol. The third-order valence-corrected chi connectivity index (χ3v) is 1.92. The van der Waals surface area contributed by atoms with Gasteiger partial charge < -0.3 is 15.5 Å². The summed E-state index contributed by atoms with van der Waals surface area (Å²) in [6.45, 7) is 1.75. The van der Waals surface area contributed by atoms with E-state index in [0.29, 0.717) is 13.0 Å². The summed E-state index contributed by atoms with van der Waals surface area (Å²) in [7, 11) is 1.45. The lowest BCUT2D eigenvalue weighted by atomic mass is 10.3. The molecule has 0 fully saturated rings. The molecule has 17 heavy (non-hydrogen) atoms. The van der Waals surface area contributed by atoms with E-state index in [2.05, 4.69) is 10.6 Å². The number of nitrogens with zero attached hydrogens (tertiary/aromatic N) is 2. The fourth-order valence-corrected chi connectivity index (χ4v) is 1.11. The van der Waals surface area contributed by atoms with Crippen molar-refractivity contribution in [3.63, 3.8) is 0 Å². The quantitative estimate of drug-likeness (QED) is 0.456. The maximum absolute atomic E-state index is 11.6. The molecule has 0 rings (SSSR count). The van der Waals surface area contributed by atoms with Gasteiger partial charge in [-0.05, 0) is 6.42 Å². The zero-order valence-electron chi connectivity index (χ0n) is 9.95. The Morgan fingerprint density at radius 1 is 1.35 bits per heavy atom. The molecule has 2 N–H and O–H groups in total. The third kappa shape index (κ3) is 5.51. The van der Waals surface area contributed by atoms with Crippen LogP contribution in [0.5, 0.6) is 0 Å². The minimum atomic E-state index is -0.871. The summed E-state index contributed by atoms with van der Waals surface area (Å²) in [5.74, 6) is -2.02. The Labute approximate surface area is 99.8 Å². The molecule has 0 aromatic rings. The summed E-state index contributed by atoms with van der Waals surface area (Å²) in [5.41, 5.74) is 0. The van der Waals surface area contributed by atoms with Crippen LogP contribution in [0.3, 0.4) is 0 Å². The van der Waals surface area contributed by atoms with Crippen LogP contribution in [0.25, 0.3) is 0 Å². The molecule has 0 spiro atoms. The molecule has 0 aromatic carbocycles. The Kier molecular flexibility index (Phi) is 7.10. The number of nitrogens with one attached hydrogen (secondary N) is 2. The van der Waals surface area contributed by atoms with E-state index < -0.39 is 11.8 Å². The first-order chi connectivity index (χ1) is 8.06. The average molecular weight is 240 g/mol. The Morgan fingerprint density at radius 2 is 2.00 bits per heavy atom. The zero-order valence-corrected chi connectivity index (χ0v) is 9.95.